The van der Waals surface area contributed by atoms with E-state index in [0.29, 0.717) is 12.1 Å². The molecule has 5 nitrogen and oxygen atoms in total. The standard InChI is InChI=1S/C17H13FN4O/c1-11-4-5-21-8-13(20-16(21)6-11)9-22-10-19-15-3-2-12(18)7-14(15)17(22)23/h2-8,10H,9H2,1H3. The number of rotatable bonds is 2. The first-order valence-corrected chi connectivity index (χ1v) is 7.19. The first kappa shape index (κ1) is 13.6. The Balaban J connectivity index is 1.79. The van der Waals surface area contributed by atoms with Crippen LogP contribution in [0.2, 0.25) is 0 Å². The highest BCUT2D eigenvalue weighted by molar-refractivity contribution is 5.77. The van der Waals surface area contributed by atoms with E-state index in [1.54, 1.807) is 0 Å². The second-order valence-corrected chi connectivity index (χ2v) is 5.54. The van der Waals surface area contributed by atoms with Crippen molar-refractivity contribution in [1.82, 2.24) is 18.9 Å². The number of fused-ring (bicyclic) bond motifs is 2. The fourth-order valence-corrected chi connectivity index (χ4v) is 2.63. The highest BCUT2D eigenvalue weighted by Gasteiger charge is 2.08. The summed E-state index contributed by atoms with van der Waals surface area (Å²) in [7, 11) is 0. The minimum atomic E-state index is -0.447. The summed E-state index contributed by atoms with van der Waals surface area (Å²) >= 11 is 0. The number of imidazole rings is 1. The maximum absolute atomic E-state index is 13.4. The van der Waals surface area contributed by atoms with Gasteiger partial charge in [0.2, 0.25) is 0 Å². The van der Waals surface area contributed by atoms with E-state index in [-0.39, 0.29) is 10.9 Å². The molecule has 0 saturated heterocycles. The summed E-state index contributed by atoms with van der Waals surface area (Å²) in [5, 5.41) is 0.270. The van der Waals surface area contributed by atoms with Gasteiger partial charge < -0.3 is 4.40 Å². The molecule has 0 N–H and O–H groups in total. The zero-order chi connectivity index (χ0) is 16.0. The van der Waals surface area contributed by atoms with Crippen LogP contribution in [0.3, 0.4) is 0 Å². The lowest BCUT2D eigenvalue weighted by Crippen LogP contribution is -2.21. The van der Waals surface area contributed by atoms with Gasteiger partial charge in [-0.05, 0) is 42.8 Å². The van der Waals surface area contributed by atoms with Crippen molar-refractivity contribution < 1.29 is 4.39 Å². The normalized spacial score (nSPS) is 11.4. The molecule has 0 aliphatic heterocycles. The maximum Gasteiger partial charge on any atom is 0.261 e. The lowest BCUT2D eigenvalue weighted by Gasteiger charge is -2.04. The van der Waals surface area contributed by atoms with E-state index >= 15 is 0 Å². The number of hydrogen-bond acceptors (Lipinski definition) is 3. The second-order valence-electron chi connectivity index (χ2n) is 5.54. The zero-order valence-corrected chi connectivity index (χ0v) is 12.4. The summed E-state index contributed by atoms with van der Waals surface area (Å²) < 4.78 is 16.7. The average Bonchev–Trinajstić information content (AvgIpc) is 2.92. The van der Waals surface area contributed by atoms with Crippen molar-refractivity contribution in [2.75, 3.05) is 0 Å². The van der Waals surface area contributed by atoms with E-state index in [0.717, 1.165) is 16.9 Å². The molecule has 6 heteroatoms. The molecule has 0 aliphatic rings. The average molecular weight is 308 g/mol. The molecule has 0 amide bonds. The third kappa shape index (κ3) is 2.38. The number of halogens is 1. The lowest BCUT2D eigenvalue weighted by molar-refractivity contribution is 0.629. The van der Waals surface area contributed by atoms with Crippen LogP contribution in [-0.2, 0) is 6.54 Å². The Hall–Kier alpha value is -3.02. The minimum absolute atomic E-state index is 0.270. The van der Waals surface area contributed by atoms with Gasteiger partial charge in [0.15, 0.2) is 0 Å². The summed E-state index contributed by atoms with van der Waals surface area (Å²) in [6.45, 7) is 2.29. The van der Waals surface area contributed by atoms with E-state index < -0.39 is 5.82 Å². The first-order valence-electron chi connectivity index (χ1n) is 7.19. The van der Waals surface area contributed by atoms with Crippen molar-refractivity contribution in [1.29, 1.82) is 0 Å². The molecule has 4 rings (SSSR count). The molecule has 0 spiro atoms. The van der Waals surface area contributed by atoms with Gasteiger partial charge >= 0.3 is 0 Å². The largest absolute Gasteiger partial charge is 0.307 e. The van der Waals surface area contributed by atoms with E-state index in [4.69, 9.17) is 0 Å². The fourth-order valence-electron chi connectivity index (χ4n) is 2.63. The fraction of sp³-hybridized carbons (Fsp3) is 0.118. The molecular formula is C17H13FN4O. The Morgan fingerprint density at radius 3 is 2.96 bits per heavy atom. The van der Waals surface area contributed by atoms with Crippen molar-refractivity contribution in [2.24, 2.45) is 0 Å². The van der Waals surface area contributed by atoms with E-state index in [2.05, 4.69) is 9.97 Å². The highest BCUT2D eigenvalue weighted by Crippen LogP contribution is 2.11. The number of aromatic nitrogens is 4. The van der Waals surface area contributed by atoms with E-state index in [1.807, 2.05) is 35.9 Å². The lowest BCUT2D eigenvalue weighted by atomic mass is 10.2. The van der Waals surface area contributed by atoms with Crippen LogP contribution in [0.4, 0.5) is 4.39 Å². The summed E-state index contributed by atoms with van der Waals surface area (Å²) in [6, 6.07) is 7.98. The number of benzene rings is 1. The Labute approximate surface area is 130 Å². The van der Waals surface area contributed by atoms with Gasteiger partial charge in [-0.15, -0.1) is 0 Å². The van der Waals surface area contributed by atoms with Gasteiger partial charge in [0, 0.05) is 12.4 Å². The first-order chi connectivity index (χ1) is 11.1. The van der Waals surface area contributed by atoms with Gasteiger partial charge in [0.25, 0.3) is 5.56 Å². The van der Waals surface area contributed by atoms with Crippen LogP contribution in [0.15, 0.2) is 53.8 Å². The molecule has 0 bridgehead atoms. The predicted octanol–water partition coefficient (Wildman–Crippen LogP) is 2.54. The Kier molecular flexibility index (Phi) is 2.97. The van der Waals surface area contributed by atoms with Crippen LogP contribution in [0.1, 0.15) is 11.3 Å². The Bertz CT molecular complexity index is 1100. The van der Waals surface area contributed by atoms with E-state index in [9.17, 15) is 9.18 Å². The maximum atomic E-state index is 13.4. The Morgan fingerprint density at radius 1 is 1.22 bits per heavy atom. The van der Waals surface area contributed by atoms with Gasteiger partial charge in [-0.3, -0.25) is 9.36 Å². The quantitative estimate of drug-likeness (QED) is 0.572. The van der Waals surface area contributed by atoms with E-state index in [1.165, 1.54) is 29.1 Å². The Morgan fingerprint density at radius 2 is 2.09 bits per heavy atom. The molecule has 0 fully saturated rings. The molecule has 0 aliphatic carbocycles. The van der Waals surface area contributed by atoms with Crippen molar-refractivity contribution in [3.63, 3.8) is 0 Å². The predicted molar refractivity (Wildman–Crippen MR) is 85.0 cm³/mol. The summed E-state index contributed by atoms with van der Waals surface area (Å²) in [5.74, 6) is -0.447. The van der Waals surface area contributed by atoms with Crippen LogP contribution in [0.25, 0.3) is 16.6 Å². The molecule has 4 aromatic rings. The van der Waals surface area contributed by atoms with Gasteiger partial charge in [0.1, 0.15) is 11.5 Å². The summed E-state index contributed by atoms with van der Waals surface area (Å²) in [6.07, 6.45) is 5.27. The number of nitrogens with zero attached hydrogens (tertiary/aromatic N) is 4. The molecule has 0 saturated carbocycles. The molecule has 3 heterocycles. The zero-order valence-electron chi connectivity index (χ0n) is 12.4. The number of pyridine rings is 1. The number of hydrogen-bond donors (Lipinski definition) is 0. The van der Waals surface area contributed by atoms with Crippen molar-refractivity contribution in [3.05, 3.63) is 76.5 Å². The highest BCUT2D eigenvalue weighted by atomic mass is 19.1. The smallest absolute Gasteiger partial charge is 0.261 e. The van der Waals surface area contributed by atoms with Crippen molar-refractivity contribution in [3.8, 4) is 0 Å². The van der Waals surface area contributed by atoms with Crippen LogP contribution >= 0.6 is 0 Å². The third-order valence-electron chi connectivity index (χ3n) is 3.78. The molecule has 1 aromatic carbocycles. The molecular weight excluding hydrogens is 295 g/mol. The van der Waals surface area contributed by atoms with Crippen LogP contribution in [0, 0.1) is 12.7 Å². The van der Waals surface area contributed by atoms with Crippen LogP contribution < -0.4 is 5.56 Å². The van der Waals surface area contributed by atoms with Gasteiger partial charge in [-0.1, -0.05) is 0 Å². The van der Waals surface area contributed by atoms with Gasteiger partial charge in [-0.25, -0.2) is 14.4 Å². The molecule has 0 unspecified atom stereocenters. The molecule has 0 atom stereocenters. The molecule has 3 aromatic heterocycles. The number of aryl methyl sites for hydroxylation is 1. The van der Waals surface area contributed by atoms with Crippen LogP contribution in [0.5, 0.6) is 0 Å². The van der Waals surface area contributed by atoms with Crippen LogP contribution in [-0.4, -0.2) is 18.9 Å². The van der Waals surface area contributed by atoms with Crippen molar-refractivity contribution >= 4 is 16.6 Å². The second kappa shape index (κ2) is 5.01. The molecule has 0 radical (unpaired) electrons. The molecule has 114 valence electrons. The van der Waals surface area contributed by atoms with Crippen molar-refractivity contribution in [2.45, 2.75) is 13.5 Å². The van der Waals surface area contributed by atoms with Gasteiger partial charge in [0.05, 0.1) is 29.5 Å². The topological polar surface area (TPSA) is 52.2 Å². The van der Waals surface area contributed by atoms with Gasteiger partial charge in [-0.2, -0.15) is 0 Å². The molecule has 23 heavy (non-hydrogen) atoms. The summed E-state index contributed by atoms with van der Waals surface area (Å²) in [5.41, 5.74) is 2.90. The summed E-state index contributed by atoms with van der Waals surface area (Å²) in [4.78, 5) is 21.2. The SMILES string of the molecule is Cc1ccn2cc(Cn3cnc4ccc(F)cc4c3=O)nc2c1. The minimum Gasteiger partial charge on any atom is -0.307 e. The monoisotopic (exact) mass is 308 g/mol. The third-order valence-corrected chi connectivity index (χ3v) is 3.78.